The van der Waals surface area contributed by atoms with Gasteiger partial charge in [-0.05, 0) is 16.3 Å². The molecule has 0 radical (unpaired) electrons. The number of amides is 2. The van der Waals surface area contributed by atoms with Crippen molar-refractivity contribution in [3.05, 3.63) is 71.8 Å². The van der Waals surface area contributed by atoms with E-state index in [0.717, 1.165) is 11.1 Å². The number of nitrogens with two attached hydrogens (primary N) is 1. The second-order valence-electron chi connectivity index (χ2n) is 4.96. The molecule has 2 rings (SSSR count). The van der Waals surface area contributed by atoms with E-state index in [2.05, 4.69) is 0 Å². The first-order chi connectivity index (χ1) is 11.1. The number of hydrogen-bond acceptors (Lipinski definition) is 4. The van der Waals surface area contributed by atoms with Gasteiger partial charge in [-0.1, -0.05) is 60.7 Å². The van der Waals surface area contributed by atoms with Gasteiger partial charge in [0.1, 0.15) is 0 Å². The second-order valence-corrected chi connectivity index (χ2v) is 4.96. The lowest BCUT2D eigenvalue weighted by Gasteiger charge is -2.31. The topological polar surface area (TPSA) is 75.9 Å². The number of urea groups is 1. The minimum Gasteiger partial charge on any atom is -0.350 e. The molecule has 0 aliphatic carbocycles. The van der Waals surface area contributed by atoms with E-state index < -0.39 is 12.0 Å². The number of nitrogens with zero attached hydrogens (tertiary/aromatic N) is 2. The lowest BCUT2D eigenvalue weighted by atomic mass is 10.2. The molecule has 0 aliphatic heterocycles. The van der Waals surface area contributed by atoms with E-state index in [-0.39, 0.29) is 13.1 Å². The summed E-state index contributed by atoms with van der Waals surface area (Å²) in [5.41, 5.74) is 7.22. The average Bonchev–Trinajstić information content (AvgIpc) is 2.53. The molecular formula is C17H19N3O3. The Morgan fingerprint density at radius 2 is 1.39 bits per heavy atom. The molecule has 0 spiro atoms. The molecule has 2 aromatic carbocycles. The highest BCUT2D eigenvalue weighted by molar-refractivity contribution is 5.72. The lowest BCUT2D eigenvalue weighted by Crippen LogP contribution is -2.48. The van der Waals surface area contributed by atoms with Crippen molar-refractivity contribution in [2.45, 2.75) is 20.0 Å². The molecule has 0 saturated carbocycles. The maximum absolute atomic E-state index is 11.8. The first-order valence-electron chi connectivity index (χ1n) is 7.17. The third kappa shape index (κ3) is 5.12. The molecule has 0 unspecified atom stereocenters. The predicted molar refractivity (Wildman–Crippen MR) is 85.3 cm³/mol. The minimum absolute atomic E-state index is 0.205. The van der Waals surface area contributed by atoms with Crippen LogP contribution >= 0.6 is 0 Å². The molecule has 0 fully saturated rings. The van der Waals surface area contributed by atoms with Gasteiger partial charge >= 0.3 is 12.0 Å². The summed E-state index contributed by atoms with van der Waals surface area (Å²) in [6.07, 6.45) is 0. The molecule has 0 aliphatic rings. The largest absolute Gasteiger partial charge is 0.350 e. The first-order valence-corrected chi connectivity index (χ1v) is 7.17. The summed E-state index contributed by atoms with van der Waals surface area (Å²) >= 11 is 0. The number of rotatable bonds is 6. The molecule has 0 bridgehead atoms. The zero-order valence-electron chi connectivity index (χ0n) is 12.9. The molecule has 2 N–H and O–H groups in total. The maximum Gasteiger partial charge on any atom is 0.332 e. The van der Waals surface area contributed by atoms with Crippen LogP contribution in [0.4, 0.5) is 4.79 Å². The second kappa shape index (κ2) is 7.95. The van der Waals surface area contributed by atoms with Gasteiger partial charge in [0.15, 0.2) is 0 Å². The number of benzene rings is 2. The number of carbonyl (C=O) groups is 2. The van der Waals surface area contributed by atoms with E-state index in [9.17, 15) is 9.59 Å². The molecule has 2 amide bonds. The smallest absolute Gasteiger partial charge is 0.332 e. The monoisotopic (exact) mass is 313 g/mol. The predicted octanol–water partition coefficient (Wildman–Crippen LogP) is 2.46. The van der Waals surface area contributed by atoms with Gasteiger partial charge in [-0.2, -0.15) is 0 Å². The fourth-order valence-corrected chi connectivity index (χ4v) is 2.08. The molecule has 0 atom stereocenters. The van der Waals surface area contributed by atoms with Gasteiger partial charge in [0.05, 0.1) is 13.1 Å². The summed E-state index contributed by atoms with van der Waals surface area (Å²) in [5.74, 6) is -0.528. The van der Waals surface area contributed by atoms with Crippen LogP contribution in [0, 0.1) is 0 Å². The SMILES string of the molecule is CC(=O)ON(Cc1ccccc1)N(Cc1ccccc1)C(N)=O. The molecule has 0 heterocycles. The van der Waals surface area contributed by atoms with Crippen molar-refractivity contribution in [3.63, 3.8) is 0 Å². The molecule has 120 valence electrons. The molecule has 0 aromatic heterocycles. The van der Waals surface area contributed by atoms with Crippen LogP contribution < -0.4 is 5.73 Å². The Kier molecular flexibility index (Phi) is 5.71. The minimum atomic E-state index is -0.703. The normalized spacial score (nSPS) is 10.3. The average molecular weight is 313 g/mol. The van der Waals surface area contributed by atoms with Crippen molar-refractivity contribution in [3.8, 4) is 0 Å². The molecule has 23 heavy (non-hydrogen) atoms. The van der Waals surface area contributed by atoms with Crippen molar-refractivity contribution < 1.29 is 14.4 Å². The van der Waals surface area contributed by atoms with Crippen molar-refractivity contribution in [1.82, 2.24) is 10.2 Å². The van der Waals surface area contributed by atoms with Crippen molar-refractivity contribution in [2.24, 2.45) is 5.73 Å². The van der Waals surface area contributed by atoms with Crippen molar-refractivity contribution in [2.75, 3.05) is 0 Å². The van der Waals surface area contributed by atoms with Crippen LogP contribution in [0.25, 0.3) is 0 Å². The Labute approximate surface area is 135 Å². The number of hydroxylamine groups is 1. The summed E-state index contributed by atoms with van der Waals surface area (Å²) in [6, 6.07) is 18.0. The summed E-state index contributed by atoms with van der Waals surface area (Å²) in [6.45, 7) is 1.70. The molecule has 6 nitrogen and oxygen atoms in total. The van der Waals surface area contributed by atoms with Gasteiger partial charge < -0.3 is 10.6 Å². The fourth-order valence-electron chi connectivity index (χ4n) is 2.08. The van der Waals surface area contributed by atoms with Crippen LogP contribution in [0.15, 0.2) is 60.7 Å². The Morgan fingerprint density at radius 1 is 0.913 bits per heavy atom. The zero-order valence-corrected chi connectivity index (χ0v) is 12.9. The highest BCUT2D eigenvalue weighted by atomic mass is 16.7. The highest BCUT2D eigenvalue weighted by Gasteiger charge is 2.23. The van der Waals surface area contributed by atoms with Gasteiger partial charge in [0.25, 0.3) is 0 Å². The molecule has 6 heteroatoms. The molecule has 2 aromatic rings. The Morgan fingerprint density at radius 3 is 1.83 bits per heavy atom. The van der Waals surface area contributed by atoms with Crippen LogP contribution in [0.5, 0.6) is 0 Å². The van der Waals surface area contributed by atoms with Crippen LogP contribution in [0.1, 0.15) is 18.1 Å². The van der Waals surface area contributed by atoms with Crippen molar-refractivity contribution >= 4 is 12.0 Å². The third-order valence-corrected chi connectivity index (χ3v) is 3.09. The van der Waals surface area contributed by atoms with E-state index in [1.165, 1.54) is 17.1 Å². The summed E-state index contributed by atoms with van der Waals surface area (Å²) in [7, 11) is 0. The molecular weight excluding hydrogens is 294 g/mol. The van der Waals surface area contributed by atoms with Crippen molar-refractivity contribution in [1.29, 1.82) is 0 Å². The maximum atomic E-state index is 11.8. The van der Waals surface area contributed by atoms with Crippen LogP contribution in [0.3, 0.4) is 0 Å². The van der Waals surface area contributed by atoms with E-state index >= 15 is 0 Å². The van der Waals surface area contributed by atoms with E-state index in [1.54, 1.807) is 0 Å². The van der Waals surface area contributed by atoms with Crippen LogP contribution in [-0.4, -0.2) is 22.2 Å². The Balaban J connectivity index is 2.21. The number of primary amides is 1. The highest BCUT2D eigenvalue weighted by Crippen LogP contribution is 2.13. The standard InChI is InChI=1S/C17H19N3O3/c1-14(21)23-20(13-16-10-6-3-7-11-16)19(17(18)22)12-15-8-4-2-5-9-15/h2-11H,12-13H2,1H3,(H2,18,22). The van der Waals surface area contributed by atoms with Crippen LogP contribution in [0.2, 0.25) is 0 Å². The van der Waals surface area contributed by atoms with Gasteiger partial charge in [-0.3, -0.25) is 4.79 Å². The summed E-state index contributed by atoms with van der Waals surface area (Å²) in [4.78, 5) is 28.4. The Hall–Kier alpha value is -2.86. The number of hydrazine groups is 1. The Bertz CT molecular complexity index is 647. The summed E-state index contributed by atoms with van der Waals surface area (Å²) < 4.78 is 0. The molecule has 0 saturated heterocycles. The first kappa shape index (κ1) is 16.5. The number of carbonyl (C=O) groups excluding carboxylic acids is 2. The van der Waals surface area contributed by atoms with Gasteiger partial charge in [0.2, 0.25) is 0 Å². The lowest BCUT2D eigenvalue weighted by molar-refractivity contribution is -0.256. The van der Waals surface area contributed by atoms with Gasteiger partial charge in [-0.15, -0.1) is 0 Å². The van der Waals surface area contributed by atoms with Gasteiger partial charge in [-0.25, -0.2) is 9.80 Å². The summed E-state index contributed by atoms with van der Waals surface area (Å²) in [5, 5.41) is 2.39. The third-order valence-electron chi connectivity index (χ3n) is 3.09. The quantitative estimate of drug-likeness (QED) is 0.831. The van der Waals surface area contributed by atoms with E-state index in [0.29, 0.717) is 0 Å². The van der Waals surface area contributed by atoms with Crippen LogP contribution in [-0.2, 0) is 22.7 Å². The van der Waals surface area contributed by atoms with Gasteiger partial charge in [0, 0.05) is 6.92 Å². The zero-order chi connectivity index (χ0) is 16.7. The van der Waals surface area contributed by atoms with E-state index in [4.69, 9.17) is 10.6 Å². The fraction of sp³-hybridized carbons (Fsp3) is 0.176. The van der Waals surface area contributed by atoms with E-state index in [1.807, 2.05) is 60.7 Å². The number of hydrogen-bond donors (Lipinski definition) is 1.